The zero-order chi connectivity index (χ0) is 16.1. The van der Waals surface area contributed by atoms with Crippen LogP contribution in [0.2, 0.25) is 0 Å². The third-order valence-electron chi connectivity index (χ3n) is 4.29. The van der Waals surface area contributed by atoms with Crippen LogP contribution in [0.25, 0.3) is 11.3 Å². The van der Waals surface area contributed by atoms with Crippen molar-refractivity contribution in [3.8, 4) is 17.1 Å². The van der Waals surface area contributed by atoms with E-state index in [2.05, 4.69) is 10.1 Å². The fourth-order valence-electron chi connectivity index (χ4n) is 3.01. The second kappa shape index (κ2) is 7.42. The van der Waals surface area contributed by atoms with Crippen LogP contribution in [0.15, 0.2) is 34.9 Å². The van der Waals surface area contributed by atoms with Gasteiger partial charge in [0.25, 0.3) is 0 Å². The van der Waals surface area contributed by atoms with Crippen molar-refractivity contribution in [1.29, 1.82) is 0 Å². The monoisotopic (exact) mass is 314 g/mol. The first kappa shape index (κ1) is 15.7. The van der Waals surface area contributed by atoms with E-state index in [9.17, 15) is 9.90 Å². The summed E-state index contributed by atoms with van der Waals surface area (Å²) in [7, 11) is 0. The number of Topliss-reactive ketones (excluding diaryl/α,β-unsaturated/α-hetero) is 1. The van der Waals surface area contributed by atoms with Gasteiger partial charge in [0.2, 0.25) is 5.76 Å². The first-order chi connectivity index (χ1) is 11.3. The van der Waals surface area contributed by atoms with Gasteiger partial charge in [0, 0.05) is 12.0 Å². The van der Waals surface area contributed by atoms with Gasteiger partial charge in [0.1, 0.15) is 0 Å². The van der Waals surface area contributed by atoms with Gasteiger partial charge >= 0.3 is 0 Å². The first-order valence-corrected chi connectivity index (χ1v) is 8.25. The van der Waals surface area contributed by atoms with E-state index >= 15 is 0 Å². The van der Waals surface area contributed by atoms with E-state index in [1.54, 1.807) is 0 Å². The van der Waals surface area contributed by atoms with Gasteiger partial charge in [-0.25, -0.2) is 0 Å². The Morgan fingerprint density at radius 2 is 1.91 bits per heavy atom. The predicted octanol–water partition coefficient (Wildman–Crippen LogP) is 3.50. The van der Waals surface area contributed by atoms with Crippen LogP contribution in [0, 0.1) is 0 Å². The van der Waals surface area contributed by atoms with E-state index in [0.29, 0.717) is 12.0 Å². The van der Waals surface area contributed by atoms with Crippen molar-refractivity contribution in [2.45, 2.75) is 32.1 Å². The lowest BCUT2D eigenvalue weighted by Crippen LogP contribution is -2.30. The standard InChI is InChI=1S/C18H22N2O3/c21-15(10-7-13-20-11-5-2-6-12-20)16-17(22)18(23-19-16)14-8-3-1-4-9-14/h1,3-4,8-9,22H,2,5-7,10-13H2. The fraction of sp³-hybridized carbons (Fsp3) is 0.444. The van der Waals surface area contributed by atoms with Crippen molar-refractivity contribution in [1.82, 2.24) is 10.1 Å². The molecule has 0 atom stereocenters. The Balaban J connectivity index is 1.58. The summed E-state index contributed by atoms with van der Waals surface area (Å²) in [5, 5.41) is 14.0. The van der Waals surface area contributed by atoms with Crippen LogP contribution < -0.4 is 0 Å². The summed E-state index contributed by atoms with van der Waals surface area (Å²) in [5.41, 5.74) is 0.757. The highest BCUT2D eigenvalue weighted by molar-refractivity contribution is 5.98. The van der Waals surface area contributed by atoms with Crippen LogP contribution >= 0.6 is 0 Å². The van der Waals surface area contributed by atoms with Crippen molar-refractivity contribution in [3.63, 3.8) is 0 Å². The topological polar surface area (TPSA) is 66.6 Å². The Labute approximate surface area is 135 Å². The summed E-state index contributed by atoms with van der Waals surface area (Å²) in [4.78, 5) is 14.6. The van der Waals surface area contributed by atoms with Gasteiger partial charge < -0.3 is 14.5 Å². The highest BCUT2D eigenvalue weighted by atomic mass is 16.5. The molecule has 1 aromatic heterocycles. The number of carbonyl (C=O) groups is 1. The number of ketones is 1. The maximum Gasteiger partial charge on any atom is 0.209 e. The Hall–Kier alpha value is -2.14. The minimum Gasteiger partial charge on any atom is -0.502 e. The molecule has 1 N–H and O–H groups in total. The molecule has 0 radical (unpaired) electrons. The third-order valence-corrected chi connectivity index (χ3v) is 4.29. The van der Waals surface area contributed by atoms with E-state index in [0.717, 1.165) is 26.1 Å². The fourth-order valence-corrected chi connectivity index (χ4v) is 3.01. The number of hydrogen-bond donors (Lipinski definition) is 1. The molecule has 0 amide bonds. The summed E-state index contributed by atoms with van der Waals surface area (Å²) >= 11 is 0. The molecular weight excluding hydrogens is 292 g/mol. The molecule has 2 heterocycles. The maximum atomic E-state index is 12.3. The van der Waals surface area contributed by atoms with Gasteiger partial charge in [-0.1, -0.05) is 41.9 Å². The Morgan fingerprint density at radius 1 is 1.17 bits per heavy atom. The van der Waals surface area contributed by atoms with Gasteiger partial charge in [0.15, 0.2) is 17.2 Å². The average molecular weight is 314 g/mol. The molecule has 3 rings (SSSR count). The molecular formula is C18H22N2O3. The number of nitrogens with zero attached hydrogens (tertiary/aromatic N) is 2. The molecule has 0 unspecified atom stereocenters. The van der Waals surface area contributed by atoms with Gasteiger partial charge in [-0.2, -0.15) is 0 Å². The number of hydrogen-bond acceptors (Lipinski definition) is 5. The van der Waals surface area contributed by atoms with Crippen LogP contribution in [0.5, 0.6) is 5.75 Å². The normalized spacial score (nSPS) is 15.7. The van der Waals surface area contributed by atoms with Crippen LogP contribution in [0.1, 0.15) is 42.6 Å². The molecule has 0 spiro atoms. The number of aromatic nitrogens is 1. The summed E-state index contributed by atoms with van der Waals surface area (Å²) < 4.78 is 5.17. The Morgan fingerprint density at radius 3 is 2.65 bits per heavy atom. The largest absolute Gasteiger partial charge is 0.502 e. The zero-order valence-corrected chi connectivity index (χ0v) is 13.2. The van der Waals surface area contributed by atoms with Crippen molar-refractivity contribution in [3.05, 3.63) is 36.0 Å². The van der Waals surface area contributed by atoms with Crippen LogP contribution in [0.3, 0.4) is 0 Å². The van der Waals surface area contributed by atoms with E-state index in [4.69, 9.17) is 4.52 Å². The lowest BCUT2D eigenvalue weighted by Gasteiger charge is -2.26. The minimum atomic E-state index is -0.162. The van der Waals surface area contributed by atoms with E-state index in [1.165, 1.54) is 19.3 Å². The highest BCUT2D eigenvalue weighted by Crippen LogP contribution is 2.32. The molecule has 1 aliphatic rings. The lowest BCUT2D eigenvalue weighted by atomic mass is 10.1. The molecule has 0 aliphatic carbocycles. The van der Waals surface area contributed by atoms with Crippen molar-refractivity contribution < 1.29 is 14.4 Å². The van der Waals surface area contributed by atoms with Crippen LogP contribution in [-0.4, -0.2) is 40.6 Å². The van der Waals surface area contributed by atoms with Gasteiger partial charge in [0.05, 0.1) is 0 Å². The Bertz CT molecular complexity index is 646. The maximum absolute atomic E-state index is 12.3. The second-order valence-corrected chi connectivity index (χ2v) is 6.00. The number of aromatic hydroxyl groups is 1. The van der Waals surface area contributed by atoms with Crippen LogP contribution in [-0.2, 0) is 0 Å². The zero-order valence-electron chi connectivity index (χ0n) is 13.2. The summed E-state index contributed by atoms with van der Waals surface area (Å²) in [6, 6.07) is 9.19. The number of likely N-dealkylation sites (tertiary alicyclic amines) is 1. The molecule has 0 bridgehead atoms. The van der Waals surface area contributed by atoms with E-state index < -0.39 is 0 Å². The van der Waals surface area contributed by atoms with Crippen molar-refractivity contribution in [2.75, 3.05) is 19.6 Å². The number of piperidine rings is 1. The molecule has 1 aliphatic heterocycles. The molecule has 0 saturated carbocycles. The lowest BCUT2D eigenvalue weighted by molar-refractivity contribution is 0.0962. The van der Waals surface area contributed by atoms with Crippen molar-refractivity contribution >= 4 is 5.78 Å². The third kappa shape index (κ3) is 3.79. The quantitative estimate of drug-likeness (QED) is 0.827. The molecule has 122 valence electrons. The molecule has 5 nitrogen and oxygen atoms in total. The smallest absolute Gasteiger partial charge is 0.209 e. The first-order valence-electron chi connectivity index (χ1n) is 8.25. The van der Waals surface area contributed by atoms with E-state index in [-0.39, 0.29) is 23.0 Å². The number of carbonyl (C=O) groups excluding carboxylic acids is 1. The average Bonchev–Trinajstić information content (AvgIpc) is 2.98. The number of benzene rings is 1. The summed E-state index contributed by atoms with van der Waals surface area (Å²) in [6.45, 7) is 3.18. The molecule has 23 heavy (non-hydrogen) atoms. The van der Waals surface area contributed by atoms with Crippen molar-refractivity contribution in [2.24, 2.45) is 0 Å². The predicted molar refractivity (Wildman–Crippen MR) is 87.5 cm³/mol. The number of rotatable bonds is 6. The Kier molecular flexibility index (Phi) is 5.08. The highest BCUT2D eigenvalue weighted by Gasteiger charge is 2.22. The molecule has 5 heteroatoms. The van der Waals surface area contributed by atoms with E-state index in [1.807, 2.05) is 30.3 Å². The molecule has 1 saturated heterocycles. The summed E-state index contributed by atoms with van der Waals surface area (Å²) in [6.07, 6.45) is 4.97. The minimum absolute atomic E-state index is 0.0440. The van der Waals surface area contributed by atoms with Crippen LogP contribution in [0.4, 0.5) is 0 Å². The molecule has 2 aromatic rings. The molecule has 1 fully saturated rings. The van der Waals surface area contributed by atoms with Gasteiger partial charge in [-0.15, -0.1) is 0 Å². The summed E-state index contributed by atoms with van der Waals surface area (Å²) in [5.74, 6) is -0.0606. The van der Waals surface area contributed by atoms with Gasteiger partial charge in [-0.3, -0.25) is 4.79 Å². The van der Waals surface area contributed by atoms with Gasteiger partial charge in [-0.05, 0) is 38.9 Å². The SMILES string of the molecule is O=C(CCCN1CCCCC1)c1noc(-c2ccccc2)c1O. The second-order valence-electron chi connectivity index (χ2n) is 6.00. The molecule has 1 aromatic carbocycles.